The van der Waals surface area contributed by atoms with E-state index in [1.165, 1.54) is 12.8 Å². The summed E-state index contributed by atoms with van der Waals surface area (Å²) in [5, 5.41) is 0.732. The molecule has 3 rings (SSSR count). The molecule has 3 nitrogen and oxygen atoms in total. The Morgan fingerprint density at radius 3 is 3.29 bits per heavy atom. The summed E-state index contributed by atoms with van der Waals surface area (Å²) in [7, 11) is 0. The van der Waals surface area contributed by atoms with Crippen LogP contribution in [0.2, 0.25) is 5.02 Å². The van der Waals surface area contributed by atoms with Gasteiger partial charge in [0.1, 0.15) is 5.65 Å². The number of hydrogen-bond acceptors (Lipinski definition) is 2. The Balaban J connectivity index is 1.80. The zero-order chi connectivity index (χ0) is 11.7. The largest absolute Gasteiger partial charge is 0.381 e. The maximum atomic E-state index is 5.95. The minimum absolute atomic E-state index is 0.615. The highest BCUT2D eigenvalue weighted by atomic mass is 35.5. The molecule has 1 aliphatic heterocycles. The number of aromatic nitrogens is 2. The lowest BCUT2D eigenvalue weighted by Gasteiger charge is -2.20. The molecule has 1 saturated heterocycles. The minimum atomic E-state index is 0.615. The summed E-state index contributed by atoms with van der Waals surface area (Å²) in [5.74, 6) is 0.615. The smallest absolute Gasteiger partial charge is 0.138 e. The number of pyridine rings is 1. The van der Waals surface area contributed by atoms with E-state index in [0.29, 0.717) is 5.92 Å². The molecular weight excluding hydrogens is 236 g/mol. The normalized spacial score (nSPS) is 20.9. The van der Waals surface area contributed by atoms with Crippen molar-refractivity contribution in [2.75, 3.05) is 13.2 Å². The number of imidazole rings is 1. The van der Waals surface area contributed by atoms with E-state index in [1.807, 2.05) is 22.7 Å². The van der Waals surface area contributed by atoms with E-state index in [-0.39, 0.29) is 0 Å². The summed E-state index contributed by atoms with van der Waals surface area (Å²) in [6.07, 6.45) is 7.45. The summed E-state index contributed by atoms with van der Waals surface area (Å²) >= 11 is 5.95. The van der Waals surface area contributed by atoms with Crippen LogP contribution >= 0.6 is 11.6 Å². The van der Waals surface area contributed by atoms with Gasteiger partial charge in [-0.3, -0.25) is 0 Å². The summed E-state index contributed by atoms with van der Waals surface area (Å²) < 4.78 is 7.51. The van der Waals surface area contributed by atoms with Crippen LogP contribution in [0, 0.1) is 5.92 Å². The fourth-order valence-corrected chi connectivity index (χ4v) is 2.53. The summed E-state index contributed by atoms with van der Waals surface area (Å²) in [5.41, 5.74) is 2.05. The molecule has 0 aromatic carbocycles. The number of halogens is 1. The maximum absolute atomic E-state index is 5.95. The van der Waals surface area contributed by atoms with Crippen molar-refractivity contribution >= 4 is 17.2 Å². The Bertz CT molecular complexity index is 517. The Labute approximate surface area is 105 Å². The van der Waals surface area contributed by atoms with Crippen molar-refractivity contribution in [2.45, 2.75) is 19.3 Å². The second kappa shape index (κ2) is 4.67. The topological polar surface area (TPSA) is 26.5 Å². The zero-order valence-corrected chi connectivity index (χ0v) is 10.4. The van der Waals surface area contributed by atoms with Gasteiger partial charge >= 0.3 is 0 Å². The van der Waals surface area contributed by atoms with Crippen molar-refractivity contribution in [2.24, 2.45) is 5.92 Å². The average molecular weight is 251 g/mol. The highest BCUT2D eigenvalue weighted by molar-refractivity contribution is 6.30. The number of fused-ring (bicyclic) bond motifs is 1. The summed E-state index contributed by atoms with van der Waals surface area (Å²) in [6, 6.07) is 3.77. The Morgan fingerprint density at radius 2 is 2.47 bits per heavy atom. The molecule has 0 spiro atoms. The van der Waals surface area contributed by atoms with Gasteiger partial charge in [0.15, 0.2) is 0 Å². The first-order valence-corrected chi connectivity index (χ1v) is 6.40. The zero-order valence-electron chi connectivity index (χ0n) is 9.60. The van der Waals surface area contributed by atoms with E-state index < -0.39 is 0 Å². The van der Waals surface area contributed by atoms with Gasteiger partial charge in [-0.25, -0.2) is 4.98 Å². The Hall–Kier alpha value is -1.06. The van der Waals surface area contributed by atoms with Crippen molar-refractivity contribution in [3.05, 3.63) is 35.2 Å². The lowest BCUT2D eigenvalue weighted by molar-refractivity contribution is 0.0547. The highest BCUT2D eigenvalue weighted by Gasteiger charge is 2.15. The second-order valence-electron chi connectivity index (χ2n) is 4.63. The molecule has 1 fully saturated rings. The molecular formula is C13H15ClN2O. The molecule has 2 aromatic rings. The highest BCUT2D eigenvalue weighted by Crippen LogP contribution is 2.19. The quantitative estimate of drug-likeness (QED) is 0.819. The lowest BCUT2D eigenvalue weighted by atomic mass is 9.97. The monoisotopic (exact) mass is 250 g/mol. The van der Waals surface area contributed by atoms with E-state index in [1.54, 1.807) is 0 Å². The van der Waals surface area contributed by atoms with Crippen molar-refractivity contribution in [3.63, 3.8) is 0 Å². The molecule has 1 unspecified atom stereocenters. The van der Waals surface area contributed by atoms with Gasteiger partial charge in [-0.15, -0.1) is 0 Å². The van der Waals surface area contributed by atoms with Crippen LogP contribution in [0.5, 0.6) is 0 Å². The number of nitrogens with zero attached hydrogens (tertiary/aromatic N) is 2. The molecule has 17 heavy (non-hydrogen) atoms. The molecule has 0 N–H and O–H groups in total. The van der Waals surface area contributed by atoms with E-state index in [2.05, 4.69) is 11.2 Å². The SMILES string of the molecule is Clc1ccn2cc(CC3CCCOC3)nc2c1. The molecule has 4 heteroatoms. The summed E-state index contributed by atoms with van der Waals surface area (Å²) in [6.45, 7) is 1.78. The molecule has 90 valence electrons. The maximum Gasteiger partial charge on any atom is 0.138 e. The minimum Gasteiger partial charge on any atom is -0.381 e. The van der Waals surface area contributed by atoms with Crippen molar-refractivity contribution < 1.29 is 4.74 Å². The Kier molecular flexibility index (Phi) is 3.04. The first-order chi connectivity index (χ1) is 8.31. The van der Waals surface area contributed by atoms with Crippen molar-refractivity contribution in [1.29, 1.82) is 0 Å². The molecule has 2 aromatic heterocycles. The van der Waals surface area contributed by atoms with Crippen LogP contribution in [0.4, 0.5) is 0 Å². The fraction of sp³-hybridized carbons (Fsp3) is 0.462. The fourth-order valence-electron chi connectivity index (χ4n) is 2.37. The van der Waals surface area contributed by atoms with Crippen molar-refractivity contribution in [3.8, 4) is 0 Å². The molecule has 0 saturated carbocycles. The van der Waals surface area contributed by atoms with Crippen LogP contribution in [0.25, 0.3) is 5.65 Å². The third-order valence-electron chi connectivity index (χ3n) is 3.22. The molecule has 0 bridgehead atoms. The first kappa shape index (κ1) is 11.1. The van der Waals surface area contributed by atoms with Crippen LogP contribution in [-0.2, 0) is 11.2 Å². The van der Waals surface area contributed by atoms with Gasteiger partial charge < -0.3 is 9.14 Å². The van der Waals surface area contributed by atoms with Gasteiger partial charge in [0.2, 0.25) is 0 Å². The van der Waals surface area contributed by atoms with E-state index in [9.17, 15) is 0 Å². The van der Waals surface area contributed by atoms with Gasteiger partial charge in [-0.2, -0.15) is 0 Å². The van der Waals surface area contributed by atoms with Crippen LogP contribution in [0.1, 0.15) is 18.5 Å². The Morgan fingerprint density at radius 1 is 1.53 bits per heavy atom. The van der Waals surface area contributed by atoms with Gasteiger partial charge in [0, 0.05) is 30.6 Å². The van der Waals surface area contributed by atoms with E-state index >= 15 is 0 Å². The van der Waals surface area contributed by atoms with E-state index in [4.69, 9.17) is 16.3 Å². The van der Waals surface area contributed by atoms with Gasteiger partial charge in [-0.1, -0.05) is 11.6 Å². The van der Waals surface area contributed by atoms with Crippen LogP contribution in [0.3, 0.4) is 0 Å². The molecule has 0 aliphatic carbocycles. The number of ether oxygens (including phenoxy) is 1. The van der Waals surface area contributed by atoms with Crippen LogP contribution in [-0.4, -0.2) is 22.6 Å². The number of hydrogen-bond donors (Lipinski definition) is 0. The number of rotatable bonds is 2. The molecule has 0 amide bonds. The molecule has 1 atom stereocenters. The summed E-state index contributed by atoms with van der Waals surface area (Å²) in [4.78, 5) is 4.59. The standard InChI is InChI=1S/C13H15ClN2O/c14-11-3-4-16-8-12(15-13(16)7-11)6-10-2-1-5-17-9-10/h3-4,7-8,10H,1-2,5-6,9H2. The van der Waals surface area contributed by atoms with Crippen LogP contribution in [0.15, 0.2) is 24.5 Å². The third-order valence-corrected chi connectivity index (χ3v) is 3.46. The van der Waals surface area contributed by atoms with Gasteiger partial charge in [-0.05, 0) is 37.3 Å². The second-order valence-corrected chi connectivity index (χ2v) is 5.07. The molecule has 0 radical (unpaired) electrons. The predicted molar refractivity (Wildman–Crippen MR) is 67.4 cm³/mol. The molecule has 3 heterocycles. The molecule has 1 aliphatic rings. The third kappa shape index (κ3) is 2.45. The van der Waals surface area contributed by atoms with Crippen molar-refractivity contribution in [1.82, 2.24) is 9.38 Å². The predicted octanol–water partition coefficient (Wildman–Crippen LogP) is 2.96. The van der Waals surface area contributed by atoms with Gasteiger partial charge in [0.05, 0.1) is 5.69 Å². The lowest BCUT2D eigenvalue weighted by Crippen LogP contribution is -2.19. The average Bonchev–Trinajstić information content (AvgIpc) is 2.71. The van der Waals surface area contributed by atoms with Gasteiger partial charge in [0.25, 0.3) is 0 Å². The van der Waals surface area contributed by atoms with E-state index in [0.717, 1.165) is 36.0 Å². The first-order valence-electron chi connectivity index (χ1n) is 6.02. The van der Waals surface area contributed by atoms with Crippen LogP contribution < -0.4 is 0 Å².